The Balaban J connectivity index is 1.88. The lowest BCUT2D eigenvalue weighted by molar-refractivity contribution is 0.557. The van der Waals surface area contributed by atoms with Gasteiger partial charge in [-0.1, -0.05) is 55.8 Å². The van der Waals surface area contributed by atoms with Crippen molar-refractivity contribution < 1.29 is 0 Å². The third kappa shape index (κ3) is 3.76. The number of imidazole rings is 1. The summed E-state index contributed by atoms with van der Waals surface area (Å²) < 4.78 is 4.51. The SMILES string of the molecule is CCc1nc2c(c(=O)n(C)c(=O)n2-c2ccc(Cl)cc2Cl)n1CCCCC1CC1. The number of hydrogen-bond acceptors (Lipinski definition) is 3. The van der Waals surface area contributed by atoms with Gasteiger partial charge in [0.15, 0.2) is 11.2 Å². The molecule has 1 aliphatic carbocycles. The number of aryl methyl sites for hydroxylation is 2. The van der Waals surface area contributed by atoms with Crippen LogP contribution < -0.4 is 11.2 Å². The highest BCUT2D eigenvalue weighted by atomic mass is 35.5. The van der Waals surface area contributed by atoms with Crippen molar-refractivity contribution in [2.75, 3.05) is 0 Å². The van der Waals surface area contributed by atoms with Crippen molar-refractivity contribution in [1.82, 2.24) is 18.7 Å². The Morgan fingerprint density at radius 3 is 2.59 bits per heavy atom. The van der Waals surface area contributed by atoms with Crippen molar-refractivity contribution >= 4 is 34.4 Å². The van der Waals surface area contributed by atoms with Crippen molar-refractivity contribution in [3.05, 3.63) is 54.9 Å². The fourth-order valence-electron chi connectivity index (χ4n) is 3.84. The van der Waals surface area contributed by atoms with Crippen molar-refractivity contribution in [1.29, 1.82) is 0 Å². The van der Waals surface area contributed by atoms with E-state index in [2.05, 4.69) is 4.98 Å². The second kappa shape index (κ2) is 8.00. The van der Waals surface area contributed by atoms with E-state index in [1.807, 2.05) is 11.5 Å². The number of unbranched alkanes of at least 4 members (excludes halogenated alkanes) is 1. The fourth-order valence-corrected chi connectivity index (χ4v) is 4.33. The van der Waals surface area contributed by atoms with Gasteiger partial charge in [0.05, 0.1) is 10.7 Å². The number of aromatic nitrogens is 4. The number of hydrogen-bond donors (Lipinski definition) is 0. The fraction of sp³-hybridized carbons (Fsp3) is 0.476. The zero-order valence-corrected chi connectivity index (χ0v) is 18.1. The molecule has 0 spiro atoms. The summed E-state index contributed by atoms with van der Waals surface area (Å²) in [6, 6.07) is 4.93. The van der Waals surface area contributed by atoms with Crippen LogP contribution in [-0.4, -0.2) is 18.7 Å². The summed E-state index contributed by atoms with van der Waals surface area (Å²) in [5.41, 5.74) is 0.443. The molecular weight excluding hydrogens is 411 g/mol. The molecule has 1 aromatic carbocycles. The lowest BCUT2D eigenvalue weighted by Crippen LogP contribution is -2.38. The van der Waals surface area contributed by atoms with Crippen LogP contribution in [0.5, 0.6) is 0 Å². The Labute approximate surface area is 178 Å². The average molecular weight is 435 g/mol. The van der Waals surface area contributed by atoms with Gasteiger partial charge in [0.2, 0.25) is 0 Å². The van der Waals surface area contributed by atoms with Crippen LogP contribution in [0, 0.1) is 5.92 Å². The van der Waals surface area contributed by atoms with Gasteiger partial charge in [-0.3, -0.25) is 9.36 Å². The van der Waals surface area contributed by atoms with Crippen LogP contribution in [0.1, 0.15) is 44.9 Å². The zero-order valence-electron chi connectivity index (χ0n) is 16.6. The molecule has 154 valence electrons. The first-order chi connectivity index (χ1) is 13.9. The van der Waals surface area contributed by atoms with Crippen LogP contribution in [0.2, 0.25) is 10.0 Å². The quantitative estimate of drug-likeness (QED) is 0.519. The average Bonchev–Trinajstić information content (AvgIpc) is 3.45. The molecule has 3 aromatic rings. The van der Waals surface area contributed by atoms with Gasteiger partial charge in [0, 0.05) is 25.0 Å². The Kier molecular flexibility index (Phi) is 5.58. The molecule has 29 heavy (non-hydrogen) atoms. The van der Waals surface area contributed by atoms with Crippen LogP contribution in [0.25, 0.3) is 16.9 Å². The van der Waals surface area contributed by atoms with Crippen LogP contribution in [0.15, 0.2) is 27.8 Å². The number of fused-ring (bicyclic) bond motifs is 1. The highest BCUT2D eigenvalue weighted by Crippen LogP contribution is 2.34. The molecule has 2 heterocycles. The van der Waals surface area contributed by atoms with Crippen molar-refractivity contribution in [2.24, 2.45) is 13.0 Å². The minimum atomic E-state index is -0.479. The van der Waals surface area contributed by atoms with E-state index in [-0.39, 0.29) is 5.56 Å². The van der Waals surface area contributed by atoms with Gasteiger partial charge < -0.3 is 4.57 Å². The molecule has 0 atom stereocenters. The maximum atomic E-state index is 13.0. The van der Waals surface area contributed by atoms with Crippen LogP contribution in [0.4, 0.5) is 0 Å². The van der Waals surface area contributed by atoms with E-state index >= 15 is 0 Å². The van der Waals surface area contributed by atoms with E-state index in [4.69, 9.17) is 23.2 Å². The summed E-state index contributed by atoms with van der Waals surface area (Å²) >= 11 is 12.4. The smallest absolute Gasteiger partial charge is 0.322 e. The lowest BCUT2D eigenvalue weighted by atomic mass is 10.2. The van der Waals surface area contributed by atoms with E-state index in [9.17, 15) is 9.59 Å². The summed E-state index contributed by atoms with van der Waals surface area (Å²) in [6.45, 7) is 2.72. The van der Waals surface area contributed by atoms with Gasteiger partial charge >= 0.3 is 5.69 Å². The van der Waals surface area contributed by atoms with E-state index in [0.717, 1.165) is 29.2 Å². The van der Waals surface area contributed by atoms with Gasteiger partial charge in [-0.2, -0.15) is 0 Å². The molecule has 6 nitrogen and oxygen atoms in total. The molecule has 4 rings (SSSR count). The second-order valence-electron chi connectivity index (χ2n) is 7.72. The molecule has 0 bridgehead atoms. The predicted molar refractivity (Wildman–Crippen MR) is 117 cm³/mol. The molecule has 1 saturated carbocycles. The van der Waals surface area contributed by atoms with Crippen LogP contribution in [-0.2, 0) is 20.0 Å². The Morgan fingerprint density at radius 1 is 1.17 bits per heavy atom. The van der Waals surface area contributed by atoms with Crippen molar-refractivity contribution in [3.8, 4) is 5.69 Å². The molecule has 8 heteroatoms. The highest BCUT2D eigenvalue weighted by Gasteiger charge is 2.23. The largest absolute Gasteiger partial charge is 0.337 e. The number of rotatable bonds is 7. The van der Waals surface area contributed by atoms with Gasteiger partial charge in [-0.05, 0) is 30.5 Å². The summed E-state index contributed by atoms with van der Waals surface area (Å²) in [4.78, 5) is 30.7. The first-order valence-corrected chi connectivity index (χ1v) is 10.8. The molecule has 1 fully saturated rings. The monoisotopic (exact) mass is 434 g/mol. The first kappa shape index (κ1) is 20.2. The summed E-state index contributed by atoms with van der Waals surface area (Å²) in [5, 5.41) is 0.805. The lowest BCUT2D eigenvalue weighted by Gasteiger charge is -2.12. The standard InChI is InChI=1S/C21H24Cl2N4O2/c1-3-17-24-19-18(26(17)11-5-4-6-13-7-8-13)20(28)25(2)21(29)27(19)16-10-9-14(22)12-15(16)23/h9-10,12-13H,3-8,11H2,1-2H3. The molecule has 1 aliphatic rings. The number of nitrogens with zero attached hydrogens (tertiary/aromatic N) is 4. The molecule has 0 radical (unpaired) electrons. The van der Waals surface area contributed by atoms with Gasteiger partial charge in [-0.25, -0.2) is 14.3 Å². The van der Waals surface area contributed by atoms with E-state index in [1.54, 1.807) is 18.2 Å². The molecule has 0 N–H and O–H groups in total. The molecular formula is C21H24Cl2N4O2. The minimum absolute atomic E-state index is 0.330. The summed E-state index contributed by atoms with van der Waals surface area (Å²) in [6.07, 6.45) is 6.74. The number of benzene rings is 1. The normalized spacial score (nSPS) is 14.1. The topological polar surface area (TPSA) is 61.8 Å². The van der Waals surface area contributed by atoms with E-state index < -0.39 is 5.69 Å². The van der Waals surface area contributed by atoms with E-state index in [1.165, 1.54) is 30.9 Å². The van der Waals surface area contributed by atoms with Crippen LogP contribution >= 0.6 is 23.2 Å². The molecule has 2 aromatic heterocycles. The third-order valence-electron chi connectivity index (χ3n) is 5.63. The van der Waals surface area contributed by atoms with E-state index in [0.29, 0.717) is 39.9 Å². The Bertz CT molecular complexity index is 1190. The van der Waals surface area contributed by atoms with Gasteiger partial charge in [0.1, 0.15) is 5.82 Å². The molecule has 0 unspecified atom stereocenters. The Morgan fingerprint density at radius 2 is 1.93 bits per heavy atom. The second-order valence-corrected chi connectivity index (χ2v) is 8.57. The third-order valence-corrected chi connectivity index (χ3v) is 6.17. The van der Waals surface area contributed by atoms with Crippen molar-refractivity contribution in [3.63, 3.8) is 0 Å². The van der Waals surface area contributed by atoms with Crippen LogP contribution in [0.3, 0.4) is 0 Å². The zero-order chi connectivity index (χ0) is 20.7. The highest BCUT2D eigenvalue weighted by molar-refractivity contribution is 6.35. The molecule has 0 amide bonds. The predicted octanol–water partition coefficient (Wildman–Crippen LogP) is 4.34. The Hall–Kier alpha value is -2.05. The minimum Gasteiger partial charge on any atom is -0.322 e. The maximum Gasteiger partial charge on any atom is 0.337 e. The summed E-state index contributed by atoms with van der Waals surface area (Å²) in [5.74, 6) is 1.69. The first-order valence-electron chi connectivity index (χ1n) is 10.1. The van der Waals surface area contributed by atoms with Gasteiger partial charge in [-0.15, -0.1) is 0 Å². The number of halogens is 2. The molecule has 0 aliphatic heterocycles. The van der Waals surface area contributed by atoms with Gasteiger partial charge in [0.25, 0.3) is 5.56 Å². The van der Waals surface area contributed by atoms with Crippen molar-refractivity contribution in [2.45, 2.75) is 52.0 Å². The molecule has 0 saturated heterocycles. The summed E-state index contributed by atoms with van der Waals surface area (Å²) in [7, 11) is 1.49. The maximum absolute atomic E-state index is 13.0.